The molecule has 19 heavy (non-hydrogen) atoms. The van der Waals surface area contributed by atoms with E-state index in [1.807, 2.05) is 6.07 Å². The van der Waals surface area contributed by atoms with Crippen LogP contribution in [-0.4, -0.2) is 16.5 Å². The predicted molar refractivity (Wildman–Crippen MR) is 74.7 cm³/mol. The fraction of sp³-hybridized carbons (Fsp3) is 0.231. The van der Waals surface area contributed by atoms with Gasteiger partial charge in [-0.1, -0.05) is 23.7 Å². The van der Waals surface area contributed by atoms with Crippen LogP contribution in [0.5, 0.6) is 0 Å². The Hall–Kier alpha value is -1.88. The van der Waals surface area contributed by atoms with Crippen molar-refractivity contribution in [2.75, 3.05) is 17.6 Å². The molecule has 1 heterocycles. The summed E-state index contributed by atoms with van der Waals surface area (Å²) < 4.78 is 13.0. The summed E-state index contributed by atoms with van der Waals surface area (Å²) in [4.78, 5) is 7.77. The Morgan fingerprint density at radius 1 is 1.26 bits per heavy atom. The van der Waals surface area contributed by atoms with E-state index in [0.717, 1.165) is 18.4 Å². The second-order valence-electron chi connectivity index (χ2n) is 4.09. The Labute approximate surface area is 115 Å². The van der Waals surface area contributed by atoms with Gasteiger partial charge in [-0.15, -0.1) is 0 Å². The lowest BCUT2D eigenvalue weighted by molar-refractivity contribution is 0.624. The minimum Gasteiger partial charge on any atom is -0.370 e. The van der Waals surface area contributed by atoms with Crippen molar-refractivity contribution in [3.05, 3.63) is 46.9 Å². The number of aromatic nitrogens is 2. The van der Waals surface area contributed by atoms with E-state index in [-0.39, 0.29) is 11.8 Å². The summed E-state index contributed by atoms with van der Waals surface area (Å²) in [7, 11) is 0. The molecule has 0 spiro atoms. The number of hydrogen-bond donors (Lipinski definition) is 2. The number of benzene rings is 1. The van der Waals surface area contributed by atoms with E-state index in [0.29, 0.717) is 17.5 Å². The van der Waals surface area contributed by atoms with Gasteiger partial charge < -0.3 is 11.1 Å². The molecule has 0 radical (unpaired) electrons. The summed E-state index contributed by atoms with van der Waals surface area (Å²) in [6, 6.07) is 8.21. The summed E-state index contributed by atoms with van der Waals surface area (Å²) in [5, 5.41) is 3.41. The molecule has 0 unspecified atom stereocenters. The van der Waals surface area contributed by atoms with E-state index in [4.69, 9.17) is 17.3 Å². The Kier molecular flexibility index (Phi) is 4.52. The van der Waals surface area contributed by atoms with E-state index in [9.17, 15) is 4.39 Å². The van der Waals surface area contributed by atoms with Gasteiger partial charge in [0.15, 0.2) is 0 Å². The average Bonchev–Trinajstić information content (AvgIpc) is 2.34. The molecule has 3 N–H and O–H groups in total. The zero-order chi connectivity index (χ0) is 13.7. The Morgan fingerprint density at radius 3 is 2.84 bits per heavy atom. The van der Waals surface area contributed by atoms with E-state index < -0.39 is 0 Å². The van der Waals surface area contributed by atoms with Gasteiger partial charge in [0.05, 0.1) is 0 Å². The smallest absolute Gasteiger partial charge is 0.223 e. The third-order valence-electron chi connectivity index (χ3n) is 2.55. The van der Waals surface area contributed by atoms with Crippen molar-refractivity contribution in [1.29, 1.82) is 0 Å². The average molecular weight is 281 g/mol. The van der Waals surface area contributed by atoms with E-state index >= 15 is 0 Å². The van der Waals surface area contributed by atoms with Gasteiger partial charge in [-0.05, 0) is 30.5 Å². The number of nitrogen functional groups attached to an aromatic ring is 1. The topological polar surface area (TPSA) is 63.8 Å². The van der Waals surface area contributed by atoms with Crippen molar-refractivity contribution >= 4 is 23.4 Å². The van der Waals surface area contributed by atoms with Gasteiger partial charge in [0.25, 0.3) is 0 Å². The van der Waals surface area contributed by atoms with Crippen molar-refractivity contribution in [2.24, 2.45) is 0 Å². The van der Waals surface area contributed by atoms with Crippen LogP contribution < -0.4 is 11.1 Å². The summed E-state index contributed by atoms with van der Waals surface area (Å²) in [5.74, 6) is 0.526. The zero-order valence-corrected chi connectivity index (χ0v) is 11.0. The number of nitrogens with one attached hydrogen (secondary N) is 1. The van der Waals surface area contributed by atoms with Crippen LogP contribution in [0.2, 0.25) is 5.15 Å². The van der Waals surface area contributed by atoms with Crippen molar-refractivity contribution in [3.63, 3.8) is 0 Å². The van der Waals surface area contributed by atoms with Crippen LogP contribution in [0.15, 0.2) is 30.3 Å². The van der Waals surface area contributed by atoms with E-state index in [2.05, 4.69) is 15.3 Å². The predicted octanol–water partition coefficient (Wildman–Crippen LogP) is 2.90. The molecule has 0 aliphatic heterocycles. The van der Waals surface area contributed by atoms with Gasteiger partial charge in [-0.25, -0.2) is 9.37 Å². The SMILES string of the molecule is Nc1nc(Cl)cc(NCCCc2cccc(F)c2)n1. The molecular weight excluding hydrogens is 267 g/mol. The molecule has 0 saturated carbocycles. The Balaban J connectivity index is 1.80. The minimum absolute atomic E-state index is 0.139. The molecule has 2 aromatic rings. The number of aryl methyl sites for hydroxylation is 1. The van der Waals surface area contributed by atoms with Crippen LogP contribution in [-0.2, 0) is 6.42 Å². The molecular formula is C13H14ClFN4. The van der Waals surface area contributed by atoms with Crippen LogP contribution in [0.4, 0.5) is 16.2 Å². The second-order valence-corrected chi connectivity index (χ2v) is 4.48. The van der Waals surface area contributed by atoms with Gasteiger partial charge in [-0.2, -0.15) is 4.98 Å². The number of rotatable bonds is 5. The zero-order valence-electron chi connectivity index (χ0n) is 10.2. The van der Waals surface area contributed by atoms with Gasteiger partial charge in [0.1, 0.15) is 16.8 Å². The molecule has 1 aromatic carbocycles. The van der Waals surface area contributed by atoms with E-state index in [1.54, 1.807) is 18.2 Å². The first-order chi connectivity index (χ1) is 9.13. The number of anilines is 2. The molecule has 0 amide bonds. The van der Waals surface area contributed by atoms with Crippen LogP contribution in [0.1, 0.15) is 12.0 Å². The van der Waals surface area contributed by atoms with Crippen molar-refractivity contribution in [3.8, 4) is 0 Å². The maximum absolute atomic E-state index is 13.0. The van der Waals surface area contributed by atoms with Crippen LogP contribution in [0.3, 0.4) is 0 Å². The highest BCUT2D eigenvalue weighted by Crippen LogP contribution is 2.12. The summed E-state index contributed by atoms with van der Waals surface area (Å²) in [5.41, 5.74) is 6.46. The van der Waals surface area contributed by atoms with E-state index in [1.165, 1.54) is 6.07 Å². The summed E-state index contributed by atoms with van der Waals surface area (Å²) in [6.07, 6.45) is 1.64. The number of hydrogen-bond acceptors (Lipinski definition) is 4. The highest BCUT2D eigenvalue weighted by Gasteiger charge is 2.00. The summed E-state index contributed by atoms with van der Waals surface area (Å²) in [6.45, 7) is 0.698. The molecule has 0 aliphatic carbocycles. The maximum Gasteiger partial charge on any atom is 0.223 e. The molecule has 6 heteroatoms. The molecule has 1 aromatic heterocycles. The third-order valence-corrected chi connectivity index (χ3v) is 2.74. The Bertz CT molecular complexity index is 542. The molecule has 100 valence electrons. The lowest BCUT2D eigenvalue weighted by Crippen LogP contribution is -2.06. The molecule has 0 bridgehead atoms. The normalized spacial score (nSPS) is 10.4. The molecule has 0 aliphatic rings. The molecule has 0 atom stereocenters. The highest BCUT2D eigenvalue weighted by atomic mass is 35.5. The minimum atomic E-state index is -0.208. The lowest BCUT2D eigenvalue weighted by Gasteiger charge is -2.06. The van der Waals surface area contributed by atoms with Gasteiger partial charge in [0.2, 0.25) is 5.95 Å². The number of nitrogens with two attached hydrogens (primary N) is 1. The van der Waals surface area contributed by atoms with Crippen molar-refractivity contribution < 1.29 is 4.39 Å². The fourth-order valence-corrected chi connectivity index (χ4v) is 1.92. The molecule has 4 nitrogen and oxygen atoms in total. The molecule has 2 rings (SSSR count). The standard InChI is InChI=1S/C13H14ClFN4/c14-11-8-12(19-13(16)18-11)17-6-2-4-9-3-1-5-10(15)7-9/h1,3,5,7-8H,2,4,6H2,(H3,16,17,18,19). The highest BCUT2D eigenvalue weighted by molar-refractivity contribution is 6.29. The third kappa shape index (κ3) is 4.37. The molecule has 0 fully saturated rings. The second kappa shape index (κ2) is 6.33. The number of halogens is 2. The largest absolute Gasteiger partial charge is 0.370 e. The first-order valence-electron chi connectivity index (χ1n) is 5.92. The first kappa shape index (κ1) is 13.5. The fourth-order valence-electron chi connectivity index (χ4n) is 1.73. The van der Waals surface area contributed by atoms with Crippen LogP contribution in [0.25, 0.3) is 0 Å². The lowest BCUT2D eigenvalue weighted by atomic mass is 10.1. The number of nitrogens with zero attached hydrogens (tertiary/aromatic N) is 2. The Morgan fingerprint density at radius 2 is 2.11 bits per heavy atom. The van der Waals surface area contributed by atoms with Crippen molar-refractivity contribution in [1.82, 2.24) is 9.97 Å². The van der Waals surface area contributed by atoms with Crippen LogP contribution in [0, 0.1) is 5.82 Å². The van der Waals surface area contributed by atoms with Gasteiger partial charge >= 0.3 is 0 Å². The first-order valence-corrected chi connectivity index (χ1v) is 6.29. The monoisotopic (exact) mass is 280 g/mol. The van der Waals surface area contributed by atoms with Crippen LogP contribution >= 0.6 is 11.6 Å². The molecule has 0 saturated heterocycles. The summed E-state index contributed by atoms with van der Waals surface area (Å²) >= 11 is 5.76. The quantitative estimate of drug-likeness (QED) is 0.653. The maximum atomic E-state index is 13.0. The van der Waals surface area contributed by atoms with Crippen molar-refractivity contribution in [2.45, 2.75) is 12.8 Å². The van der Waals surface area contributed by atoms with Gasteiger partial charge in [0, 0.05) is 12.6 Å². The van der Waals surface area contributed by atoms with Gasteiger partial charge in [-0.3, -0.25) is 0 Å².